The van der Waals surface area contributed by atoms with Crippen molar-refractivity contribution in [2.75, 3.05) is 45.0 Å². The molecule has 0 unspecified atom stereocenters. The maximum Gasteiger partial charge on any atom is 0.231 e. The van der Waals surface area contributed by atoms with Crippen LogP contribution in [0.4, 0.5) is 5.95 Å². The Hall–Kier alpha value is -2.25. The summed E-state index contributed by atoms with van der Waals surface area (Å²) in [6.45, 7) is 4.65. The molecule has 1 fully saturated rings. The predicted molar refractivity (Wildman–Crippen MR) is 93.6 cm³/mol. The lowest BCUT2D eigenvalue weighted by Gasteiger charge is -2.34. The number of fused-ring (bicyclic) bond motifs is 1. The third-order valence-corrected chi connectivity index (χ3v) is 4.63. The number of benzene rings is 1. The largest absolute Gasteiger partial charge is 0.496 e. The summed E-state index contributed by atoms with van der Waals surface area (Å²) in [7, 11) is 1.68. The van der Waals surface area contributed by atoms with Gasteiger partial charge >= 0.3 is 0 Å². The van der Waals surface area contributed by atoms with Crippen molar-refractivity contribution < 1.29 is 14.2 Å². The van der Waals surface area contributed by atoms with Gasteiger partial charge in [0, 0.05) is 44.4 Å². The summed E-state index contributed by atoms with van der Waals surface area (Å²) in [5.74, 6) is 3.08. The summed E-state index contributed by atoms with van der Waals surface area (Å²) < 4.78 is 16.4. The average molecular weight is 363 g/mol. The van der Waals surface area contributed by atoms with E-state index in [1.54, 1.807) is 19.5 Å². The fourth-order valence-corrected chi connectivity index (χ4v) is 3.19. The second-order valence-electron chi connectivity index (χ2n) is 5.98. The summed E-state index contributed by atoms with van der Waals surface area (Å²) >= 11 is 5.85. The van der Waals surface area contributed by atoms with Gasteiger partial charge < -0.3 is 19.1 Å². The van der Waals surface area contributed by atoms with E-state index >= 15 is 0 Å². The van der Waals surface area contributed by atoms with Gasteiger partial charge in [-0.3, -0.25) is 4.90 Å². The minimum atomic E-state index is 0.266. The van der Waals surface area contributed by atoms with Crippen LogP contribution >= 0.6 is 11.6 Å². The Bertz CT molecular complexity index is 748. The highest BCUT2D eigenvalue weighted by Crippen LogP contribution is 2.38. The molecular formula is C17H19ClN4O3. The number of piperazine rings is 1. The molecule has 0 radical (unpaired) electrons. The molecule has 0 bridgehead atoms. The number of ether oxygens (including phenoxy) is 3. The predicted octanol–water partition coefficient (Wildman–Crippen LogP) is 2.19. The molecule has 0 amide bonds. The topological polar surface area (TPSA) is 60.0 Å². The second kappa shape index (κ2) is 6.93. The third-order valence-electron chi connectivity index (χ3n) is 4.43. The lowest BCUT2D eigenvalue weighted by atomic mass is 10.1. The summed E-state index contributed by atoms with van der Waals surface area (Å²) in [6.07, 6.45) is 3.27. The first-order valence-electron chi connectivity index (χ1n) is 8.14. The first-order chi connectivity index (χ1) is 12.2. The van der Waals surface area contributed by atoms with Crippen molar-refractivity contribution in [1.29, 1.82) is 0 Å². The minimum Gasteiger partial charge on any atom is -0.496 e. The molecule has 132 valence electrons. The second-order valence-corrected chi connectivity index (χ2v) is 6.42. The number of anilines is 1. The lowest BCUT2D eigenvalue weighted by molar-refractivity contribution is 0.173. The van der Waals surface area contributed by atoms with E-state index in [0.29, 0.717) is 5.02 Å². The summed E-state index contributed by atoms with van der Waals surface area (Å²) in [5, 5.41) is 0.553. The van der Waals surface area contributed by atoms with Crippen molar-refractivity contribution in [3.8, 4) is 17.2 Å². The van der Waals surface area contributed by atoms with Crippen LogP contribution in [0, 0.1) is 0 Å². The van der Waals surface area contributed by atoms with Gasteiger partial charge in [-0.15, -0.1) is 0 Å². The van der Waals surface area contributed by atoms with E-state index in [2.05, 4.69) is 19.8 Å². The first kappa shape index (κ1) is 16.2. The van der Waals surface area contributed by atoms with Crippen molar-refractivity contribution in [3.05, 3.63) is 35.1 Å². The van der Waals surface area contributed by atoms with E-state index in [4.69, 9.17) is 25.8 Å². The molecule has 3 heterocycles. The molecule has 0 N–H and O–H groups in total. The Morgan fingerprint density at radius 1 is 1.08 bits per heavy atom. The molecule has 0 aliphatic carbocycles. The van der Waals surface area contributed by atoms with E-state index in [9.17, 15) is 0 Å². The average Bonchev–Trinajstić information content (AvgIpc) is 3.10. The molecule has 7 nitrogen and oxygen atoms in total. The Kier molecular flexibility index (Phi) is 4.50. The van der Waals surface area contributed by atoms with Crippen LogP contribution in [0.1, 0.15) is 5.56 Å². The van der Waals surface area contributed by atoms with Crippen molar-refractivity contribution in [1.82, 2.24) is 14.9 Å². The Labute approximate surface area is 151 Å². The van der Waals surface area contributed by atoms with E-state index in [-0.39, 0.29) is 6.79 Å². The van der Waals surface area contributed by atoms with Crippen molar-refractivity contribution >= 4 is 17.5 Å². The Balaban J connectivity index is 1.41. The first-order valence-corrected chi connectivity index (χ1v) is 8.52. The zero-order valence-electron chi connectivity index (χ0n) is 13.9. The fraction of sp³-hybridized carbons (Fsp3) is 0.412. The molecule has 2 aliphatic heterocycles. The number of nitrogens with zero attached hydrogens (tertiary/aromatic N) is 4. The van der Waals surface area contributed by atoms with Gasteiger partial charge in [-0.1, -0.05) is 11.6 Å². The Morgan fingerprint density at radius 2 is 1.76 bits per heavy atom. The van der Waals surface area contributed by atoms with Crippen molar-refractivity contribution in [2.45, 2.75) is 6.54 Å². The van der Waals surface area contributed by atoms with E-state index in [1.165, 1.54) is 0 Å². The molecule has 0 atom stereocenters. The third kappa shape index (κ3) is 3.43. The van der Waals surface area contributed by atoms with E-state index < -0.39 is 0 Å². The maximum atomic E-state index is 5.85. The highest BCUT2D eigenvalue weighted by molar-refractivity contribution is 6.30. The fourth-order valence-electron chi connectivity index (χ4n) is 3.09. The zero-order valence-corrected chi connectivity index (χ0v) is 14.7. The van der Waals surface area contributed by atoms with Gasteiger partial charge in [0.25, 0.3) is 0 Å². The molecule has 2 aromatic rings. The zero-order chi connectivity index (χ0) is 17.2. The van der Waals surface area contributed by atoms with Gasteiger partial charge in [0.2, 0.25) is 12.7 Å². The molecule has 1 aromatic heterocycles. The van der Waals surface area contributed by atoms with Gasteiger partial charge in [0.15, 0.2) is 11.5 Å². The number of hydrogen-bond acceptors (Lipinski definition) is 7. The molecular weight excluding hydrogens is 344 g/mol. The van der Waals surface area contributed by atoms with Gasteiger partial charge in [0.05, 0.1) is 24.5 Å². The highest BCUT2D eigenvalue weighted by atomic mass is 35.5. The standard InChI is InChI=1S/C17H19ClN4O3/c1-23-14-7-16-15(24-11-25-16)6-12(14)10-21-2-4-22(5-3-21)17-19-8-13(18)9-20-17/h6-9H,2-5,10-11H2,1H3. The van der Waals surface area contributed by atoms with Crippen LogP contribution in [0.25, 0.3) is 0 Å². The van der Waals surface area contributed by atoms with Crippen LogP contribution in [-0.2, 0) is 6.54 Å². The molecule has 25 heavy (non-hydrogen) atoms. The van der Waals surface area contributed by atoms with Crippen LogP contribution in [0.3, 0.4) is 0 Å². The monoisotopic (exact) mass is 362 g/mol. The van der Waals surface area contributed by atoms with Gasteiger partial charge in [-0.2, -0.15) is 0 Å². The van der Waals surface area contributed by atoms with Gasteiger partial charge in [-0.05, 0) is 6.07 Å². The van der Waals surface area contributed by atoms with E-state index in [0.717, 1.165) is 61.5 Å². The summed E-state index contributed by atoms with van der Waals surface area (Å²) in [4.78, 5) is 13.1. The smallest absolute Gasteiger partial charge is 0.231 e. The number of methoxy groups -OCH3 is 1. The van der Waals surface area contributed by atoms with Crippen LogP contribution in [0.2, 0.25) is 5.02 Å². The molecule has 2 aliphatic rings. The van der Waals surface area contributed by atoms with Gasteiger partial charge in [0.1, 0.15) is 5.75 Å². The SMILES string of the molecule is COc1cc2c(cc1CN1CCN(c3ncc(Cl)cn3)CC1)OCO2. The van der Waals surface area contributed by atoms with Crippen LogP contribution < -0.4 is 19.1 Å². The number of aromatic nitrogens is 2. The minimum absolute atomic E-state index is 0.266. The van der Waals surface area contributed by atoms with Crippen LogP contribution in [0.5, 0.6) is 17.2 Å². The van der Waals surface area contributed by atoms with Gasteiger partial charge in [-0.25, -0.2) is 9.97 Å². The molecule has 4 rings (SSSR count). The lowest BCUT2D eigenvalue weighted by Crippen LogP contribution is -2.46. The number of hydrogen-bond donors (Lipinski definition) is 0. The molecule has 1 aromatic carbocycles. The molecule has 0 spiro atoms. The summed E-state index contributed by atoms with van der Waals surface area (Å²) in [6, 6.07) is 3.91. The molecule has 8 heteroatoms. The highest BCUT2D eigenvalue weighted by Gasteiger charge is 2.22. The normalized spacial score (nSPS) is 17.0. The van der Waals surface area contributed by atoms with Crippen LogP contribution in [0.15, 0.2) is 24.5 Å². The number of rotatable bonds is 4. The van der Waals surface area contributed by atoms with Crippen LogP contribution in [-0.4, -0.2) is 54.9 Å². The van der Waals surface area contributed by atoms with Crippen molar-refractivity contribution in [2.24, 2.45) is 0 Å². The Morgan fingerprint density at radius 3 is 2.44 bits per heavy atom. The number of halogens is 1. The molecule has 1 saturated heterocycles. The summed E-state index contributed by atoms with van der Waals surface area (Å²) in [5.41, 5.74) is 1.10. The van der Waals surface area contributed by atoms with Crippen molar-refractivity contribution in [3.63, 3.8) is 0 Å². The quantitative estimate of drug-likeness (QED) is 0.826. The maximum absolute atomic E-state index is 5.85. The van der Waals surface area contributed by atoms with E-state index in [1.807, 2.05) is 12.1 Å². The molecule has 0 saturated carbocycles.